The van der Waals surface area contributed by atoms with Crippen LogP contribution < -0.4 is 10.6 Å². The molecule has 100 valence electrons. The standard InChI is InChI=1S/C15H14N4O/c1-19(14-5-3-7-17-11-14)15(20)13-8-12(4-2-6-16)9-18-10-13/h3,5,7-11H,6,16H2,1H3. The summed E-state index contributed by atoms with van der Waals surface area (Å²) in [5.74, 6) is 5.43. The number of nitrogens with two attached hydrogens (primary N) is 1. The second kappa shape index (κ2) is 6.45. The van der Waals surface area contributed by atoms with Gasteiger partial charge < -0.3 is 10.6 Å². The Hall–Kier alpha value is -2.71. The molecule has 0 spiro atoms. The normalized spacial score (nSPS) is 9.50. The van der Waals surface area contributed by atoms with Crippen molar-refractivity contribution < 1.29 is 4.79 Å². The Bertz CT molecular complexity index is 658. The zero-order chi connectivity index (χ0) is 14.4. The fraction of sp³-hybridized carbons (Fsp3) is 0.133. The number of rotatable bonds is 2. The van der Waals surface area contributed by atoms with Gasteiger partial charge in [0.2, 0.25) is 0 Å². The molecular formula is C15H14N4O. The van der Waals surface area contributed by atoms with Gasteiger partial charge in [-0.15, -0.1) is 0 Å². The number of nitrogens with zero attached hydrogens (tertiary/aromatic N) is 3. The second-order valence-corrected chi connectivity index (χ2v) is 4.04. The van der Waals surface area contributed by atoms with Gasteiger partial charge in [0.15, 0.2) is 0 Å². The first-order valence-electron chi connectivity index (χ1n) is 6.04. The molecule has 20 heavy (non-hydrogen) atoms. The van der Waals surface area contributed by atoms with Crippen LogP contribution in [-0.4, -0.2) is 29.5 Å². The lowest BCUT2D eigenvalue weighted by Gasteiger charge is -2.16. The maximum Gasteiger partial charge on any atom is 0.259 e. The Balaban J connectivity index is 2.25. The largest absolute Gasteiger partial charge is 0.320 e. The molecule has 0 atom stereocenters. The van der Waals surface area contributed by atoms with Crippen molar-refractivity contribution in [1.82, 2.24) is 9.97 Å². The van der Waals surface area contributed by atoms with Gasteiger partial charge in [-0.1, -0.05) is 11.8 Å². The second-order valence-electron chi connectivity index (χ2n) is 4.04. The van der Waals surface area contributed by atoms with Crippen LogP contribution in [0.3, 0.4) is 0 Å². The van der Waals surface area contributed by atoms with Gasteiger partial charge in [0.25, 0.3) is 5.91 Å². The molecule has 5 nitrogen and oxygen atoms in total. The van der Waals surface area contributed by atoms with Crippen LogP contribution in [0.4, 0.5) is 5.69 Å². The van der Waals surface area contributed by atoms with Crippen LogP contribution >= 0.6 is 0 Å². The molecule has 0 saturated heterocycles. The van der Waals surface area contributed by atoms with Crippen molar-refractivity contribution >= 4 is 11.6 Å². The van der Waals surface area contributed by atoms with Gasteiger partial charge in [0, 0.05) is 31.2 Å². The van der Waals surface area contributed by atoms with E-state index in [1.807, 2.05) is 6.07 Å². The van der Waals surface area contributed by atoms with Crippen molar-refractivity contribution in [3.8, 4) is 11.8 Å². The Morgan fingerprint density at radius 1 is 1.35 bits per heavy atom. The summed E-state index contributed by atoms with van der Waals surface area (Å²) in [5.41, 5.74) is 7.18. The van der Waals surface area contributed by atoms with Crippen molar-refractivity contribution in [2.75, 3.05) is 18.5 Å². The third-order valence-corrected chi connectivity index (χ3v) is 2.66. The molecule has 2 aromatic rings. The van der Waals surface area contributed by atoms with Crippen molar-refractivity contribution in [3.63, 3.8) is 0 Å². The number of carbonyl (C=O) groups excluding carboxylic acids is 1. The van der Waals surface area contributed by atoms with E-state index >= 15 is 0 Å². The van der Waals surface area contributed by atoms with Gasteiger partial charge in [-0.2, -0.15) is 0 Å². The maximum absolute atomic E-state index is 12.4. The van der Waals surface area contributed by atoms with Crippen LogP contribution in [0.15, 0.2) is 43.0 Å². The fourth-order valence-electron chi connectivity index (χ4n) is 1.64. The lowest BCUT2D eigenvalue weighted by Crippen LogP contribution is -2.26. The molecule has 5 heteroatoms. The monoisotopic (exact) mass is 266 g/mol. The molecule has 2 aromatic heterocycles. The lowest BCUT2D eigenvalue weighted by atomic mass is 10.2. The highest BCUT2D eigenvalue weighted by molar-refractivity contribution is 6.05. The van der Waals surface area contributed by atoms with Crippen molar-refractivity contribution in [2.24, 2.45) is 5.73 Å². The zero-order valence-corrected chi connectivity index (χ0v) is 11.1. The van der Waals surface area contributed by atoms with Crippen molar-refractivity contribution in [2.45, 2.75) is 0 Å². The summed E-state index contributed by atoms with van der Waals surface area (Å²) < 4.78 is 0. The summed E-state index contributed by atoms with van der Waals surface area (Å²) in [5, 5.41) is 0. The Morgan fingerprint density at radius 2 is 2.20 bits per heavy atom. The minimum atomic E-state index is -0.165. The number of amides is 1. The molecule has 0 bridgehead atoms. The highest BCUT2D eigenvalue weighted by Crippen LogP contribution is 2.13. The number of carbonyl (C=O) groups is 1. The molecule has 0 saturated carbocycles. The molecule has 0 fully saturated rings. The summed E-state index contributed by atoms with van der Waals surface area (Å²) in [6.45, 7) is 0.272. The van der Waals surface area contributed by atoms with Crippen LogP contribution in [0.5, 0.6) is 0 Å². The van der Waals surface area contributed by atoms with E-state index in [0.29, 0.717) is 11.1 Å². The van der Waals surface area contributed by atoms with E-state index in [-0.39, 0.29) is 12.5 Å². The van der Waals surface area contributed by atoms with Crippen molar-refractivity contribution in [3.05, 3.63) is 54.1 Å². The first-order valence-corrected chi connectivity index (χ1v) is 6.04. The van der Waals surface area contributed by atoms with Crippen LogP contribution in [-0.2, 0) is 0 Å². The molecule has 0 aliphatic carbocycles. The molecule has 0 radical (unpaired) electrons. The third-order valence-electron chi connectivity index (χ3n) is 2.66. The summed E-state index contributed by atoms with van der Waals surface area (Å²) in [6, 6.07) is 5.29. The quantitative estimate of drug-likeness (QED) is 0.825. The van der Waals surface area contributed by atoms with Crippen LogP contribution in [0.1, 0.15) is 15.9 Å². The highest BCUT2D eigenvalue weighted by atomic mass is 16.2. The van der Waals surface area contributed by atoms with E-state index < -0.39 is 0 Å². The Morgan fingerprint density at radius 3 is 2.90 bits per heavy atom. The molecule has 2 rings (SSSR count). The van der Waals surface area contributed by atoms with Crippen LogP contribution in [0, 0.1) is 11.8 Å². The minimum absolute atomic E-state index is 0.165. The van der Waals surface area contributed by atoms with E-state index in [9.17, 15) is 4.79 Å². The molecule has 0 unspecified atom stereocenters. The number of aromatic nitrogens is 2. The summed E-state index contributed by atoms with van der Waals surface area (Å²) >= 11 is 0. The highest BCUT2D eigenvalue weighted by Gasteiger charge is 2.14. The maximum atomic E-state index is 12.4. The first kappa shape index (κ1) is 13.7. The zero-order valence-electron chi connectivity index (χ0n) is 11.1. The van der Waals surface area contributed by atoms with Crippen LogP contribution in [0.25, 0.3) is 0 Å². The van der Waals surface area contributed by atoms with Gasteiger partial charge in [-0.05, 0) is 18.2 Å². The summed E-state index contributed by atoms with van der Waals surface area (Å²) in [7, 11) is 1.69. The summed E-state index contributed by atoms with van der Waals surface area (Å²) in [4.78, 5) is 21.9. The Kier molecular flexibility index (Phi) is 4.43. The summed E-state index contributed by atoms with van der Waals surface area (Å²) in [6.07, 6.45) is 6.40. The predicted octanol–water partition coefficient (Wildman–Crippen LogP) is 1.06. The average Bonchev–Trinajstić information content (AvgIpc) is 2.52. The van der Waals surface area contributed by atoms with E-state index in [0.717, 1.165) is 5.69 Å². The third kappa shape index (κ3) is 3.19. The first-order chi connectivity index (χ1) is 9.72. The smallest absolute Gasteiger partial charge is 0.259 e. The lowest BCUT2D eigenvalue weighted by molar-refractivity contribution is 0.0992. The predicted molar refractivity (Wildman–Crippen MR) is 77.1 cm³/mol. The van der Waals surface area contributed by atoms with E-state index in [4.69, 9.17) is 5.73 Å². The van der Waals surface area contributed by atoms with Gasteiger partial charge in [-0.3, -0.25) is 14.8 Å². The number of hydrogen-bond donors (Lipinski definition) is 1. The van der Waals surface area contributed by atoms with E-state index in [1.54, 1.807) is 37.8 Å². The molecule has 2 heterocycles. The van der Waals surface area contributed by atoms with E-state index in [1.165, 1.54) is 11.1 Å². The van der Waals surface area contributed by atoms with Gasteiger partial charge in [0.05, 0.1) is 24.0 Å². The van der Waals surface area contributed by atoms with E-state index in [2.05, 4.69) is 21.8 Å². The average molecular weight is 266 g/mol. The molecule has 1 amide bonds. The topological polar surface area (TPSA) is 72.1 Å². The molecule has 2 N–H and O–H groups in total. The minimum Gasteiger partial charge on any atom is -0.320 e. The Labute approximate surface area is 117 Å². The van der Waals surface area contributed by atoms with Gasteiger partial charge in [0.1, 0.15) is 0 Å². The van der Waals surface area contributed by atoms with Gasteiger partial charge in [-0.25, -0.2) is 0 Å². The molecule has 0 aliphatic heterocycles. The molecular weight excluding hydrogens is 252 g/mol. The van der Waals surface area contributed by atoms with Crippen LogP contribution in [0.2, 0.25) is 0 Å². The van der Waals surface area contributed by atoms with Gasteiger partial charge >= 0.3 is 0 Å². The molecule has 0 aliphatic rings. The SMILES string of the molecule is CN(C(=O)c1cncc(C#CCN)c1)c1cccnc1. The number of pyridine rings is 2. The number of anilines is 1. The van der Waals surface area contributed by atoms with Crippen molar-refractivity contribution in [1.29, 1.82) is 0 Å². The fourth-order valence-corrected chi connectivity index (χ4v) is 1.64. The number of hydrogen-bond acceptors (Lipinski definition) is 4. The molecule has 0 aromatic carbocycles.